The van der Waals surface area contributed by atoms with Gasteiger partial charge in [0.25, 0.3) is 0 Å². The number of anilines is 2. The van der Waals surface area contributed by atoms with Crippen molar-refractivity contribution in [2.45, 2.75) is 151 Å². The number of carbonyl (C=O) groups is 2. The summed E-state index contributed by atoms with van der Waals surface area (Å²) in [5.74, 6) is -0.221. The van der Waals surface area contributed by atoms with Crippen molar-refractivity contribution in [2.75, 3.05) is 55.4 Å². The van der Waals surface area contributed by atoms with Crippen LogP contribution < -0.4 is 24.4 Å². The number of carboxylic acids is 2. The first-order chi connectivity index (χ1) is 40.8. The predicted molar refractivity (Wildman–Crippen MR) is 341 cm³/mol. The fraction of sp³-hybridized carbons (Fsp3) is 0.552. The van der Waals surface area contributed by atoms with Gasteiger partial charge in [-0.2, -0.15) is 0 Å². The van der Waals surface area contributed by atoms with E-state index in [9.17, 15) is 46.9 Å². The Hall–Kier alpha value is -5.14. The number of aryl methyl sites for hydroxylation is 2. The minimum atomic E-state index is -3.62. The molecule has 0 radical (unpaired) electrons. The van der Waals surface area contributed by atoms with Crippen molar-refractivity contribution in [2.24, 2.45) is 40.6 Å². The number of rotatable bonds is 20. The number of carboxylic acid groups (broad SMARTS) is 2. The van der Waals surface area contributed by atoms with Crippen molar-refractivity contribution in [3.05, 3.63) is 141 Å². The third-order valence-electron chi connectivity index (χ3n) is 20.0. The van der Waals surface area contributed by atoms with Crippen LogP contribution in [0.2, 0.25) is 10.0 Å². The van der Waals surface area contributed by atoms with E-state index >= 15 is 0 Å². The molecule has 10 rings (SSSR count). The molecule has 15 nitrogen and oxygen atoms in total. The Morgan fingerprint density at radius 2 is 1.07 bits per heavy atom. The first-order valence-electron chi connectivity index (χ1n) is 30.8. The van der Waals surface area contributed by atoms with Crippen LogP contribution in [0.15, 0.2) is 97.1 Å². The minimum absolute atomic E-state index is 0.0258. The number of ether oxygens (including phenoxy) is 2. The van der Waals surface area contributed by atoms with E-state index in [1.54, 1.807) is 42.5 Å². The van der Waals surface area contributed by atoms with Gasteiger partial charge in [-0.3, -0.25) is 0 Å². The van der Waals surface area contributed by atoms with E-state index in [4.69, 9.17) is 37.8 Å². The lowest BCUT2D eigenvalue weighted by molar-refractivity contribution is 0.0454. The molecule has 2 heterocycles. The number of hydrogen-bond acceptors (Lipinski definition) is 12. The smallest absolute Gasteiger partial charge is 0.335 e. The molecule has 2 fully saturated rings. The molecule has 0 aromatic heterocycles. The average Bonchev–Trinajstić information content (AvgIpc) is 1.57. The molecule has 2 spiro atoms. The largest absolute Gasteiger partial charge is 0.490 e. The molecule has 4 aromatic carbocycles. The van der Waals surface area contributed by atoms with Crippen molar-refractivity contribution in [3.63, 3.8) is 0 Å². The number of hydrogen-bond donors (Lipinski definition) is 5. The predicted octanol–water partition coefficient (Wildman–Crippen LogP) is 11.9. The van der Waals surface area contributed by atoms with Crippen LogP contribution in [0, 0.1) is 35.5 Å². The second-order valence-corrected chi connectivity index (χ2v) is 30.7. The quantitative estimate of drug-likeness (QED) is 0.0518. The van der Waals surface area contributed by atoms with Crippen LogP contribution in [0.3, 0.4) is 0 Å². The lowest BCUT2D eigenvalue weighted by atomic mass is 9.68. The van der Waals surface area contributed by atoms with Crippen molar-refractivity contribution in [1.29, 1.82) is 0 Å². The maximum absolute atomic E-state index is 12.1. The maximum Gasteiger partial charge on any atom is 0.335 e. The van der Waals surface area contributed by atoms with Crippen molar-refractivity contribution < 1.29 is 56.3 Å². The van der Waals surface area contributed by atoms with Crippen LogP contribution >= 0.6 is 23.2 Å². The molecule has 468 valence electrons. The zero-order chi connectivity index (χ0) is 61.9. The summed E-state index contributed by atoms with van der Waals surface area (Å²) < 4.78 is 61.0. The van der Waals surface area contributed by atoms with Crippen LogP contribution in [0.25, 0.3) is 0 Å². The van der Waals surface area contributed by atoms with Gasteiger partial charge in [0.1, 0.15) is 11.5 Å². The Morgan fingerprint density at radius 1 is 0.651 bits per heavy atom. The molecular formula is C67H87Cl2N3O12S2. The lowest BCUT2D eigenvalue weighted by Gasteiger charge is -2.45. The van der Waals surface area contributed by atoms with Crippen molar-refractivity contribution in [3.8, 4) is 11.5 Å². The minimum Gasteiger partial charge on any atom is -0.490 e. The number of benzene rings is 4. The third-order valence-corrected chi connectivity index (χ3v) is 24.0. The molecule has 19 heteroatoms. The molecule has 6 N–H and O–H groups in total. The van der Waals surface area contributed by atoms with Crippen LogP contribution in [0.4, 0.5) is 11.4 Å². The summed E-state index contributed by atoms with van der Waals surface area (Å²) in [6.45, 7) is 11.3. The first-order valence-corrected chi connectivity index (χ1v) is 35.1. The summed E-state index contributed by atoms with van der Waals surface area (Å²) in [6, 6.07) is 22.4. The molecule has 6 aliphatic rings. The number of primary sulfonamides is 1. The fourth-order valence-corrected chi connectivity index (χ4v) is 18.3. The molecular weight excluding hydrogens is 1170 g/mol. The Labute approximate surface area is 518 Å². The molecule has 12 atom stereocenters. The Bertz CT molecular complexity index is 3180. The van der Waals surface area contributed by atoms with Crippen LogP contribution in [-0.4, -0.2) is 118 Å². The molecule has 0 bridgehead atoms. The van der Waals surface area contributed by atoms with Gasteiger partial charge in [-0.25, -0.2) is 31.6 Å². The van der Waals surface area contributed by atoms with Crippen molar-refractivity contribution >= 4 is 66.4 Å². The highest BCUT2D eigenvalue weighted by Crippen LogP contribution is 2.49. The third kappa shape index (κ3) is 14.6. The zero-order valence-electron chi connectivity index (χ0n) is 50.3. The van der Waals surface area contributed by atoms with Crippen LogP contribution in [0.5, 0.6) is 11.5 Å². The molecule has 86 heavy (non-hydrogen) atoms. The second-order valence-electron chi connectivity index (χ2n) is 25.8. The standard InChI is InChI=1S/C34H44ClNO6S.C33H43ClN2O6S/c1-4-32(43(3,40)41)22(2)7-5-9-30(37)27-13-10-25(27)19-36-20-34(16-6-8-23-17-26(35)12-14-28(23)34)21-42-31-15-11-24(33(38)39)18-29(31)36;1-3-31(43(35,40)41)21(2)6-4-8-29(37)26-12-9-24(26)18-36-19-33(15-5-7-22-16-25(34)11-13-27(22)33)20-42-30-14-10-23(32(38)39)17-28(30)36/h5,9,11-12,14-15,17-18,22,25,27,30,32,37H,4,6-8,10,13,16,19-21H2,1-3H3,(H,38,39);4,8,10-11,13-14,16-17,21,24,26,29,31,37H,3,5-7,9,12,15,18-20H2,1-2H3,(H,38,39)(H2,35,40,41)/b9-5+;8-4+/t22-,25-,27+,30-,32+,34-;21-,24-,26+,29-,31-,33-/m00/s1. The highest BCUT2D eigenvalue weighted by Gasteiger charge is 2.46. The fourth-order valence-electron chi connectivity index (χ4n) is 15.1. The monoisotopic (exact) mass is 1260 g/mol. The van der Waals surface area contributed by atoms with E-state index in [0.29, 0.717) is 76.6 Å². The zero-order valence-corrected chi connectivity index (χ0v) is 53.4. The first kappa shape index (κ1) is 65.3. The van der Waals surface area contributed by atoms with Crippen molar-refractivity contribution in [1.82, 2.24) is 0 Å². The molecule has 4 aliphatic carbocycles. The topological polar surface area (TPSA) is 234 Å². The van der Waals surface area contributed by atoms with Gasteiger partial charge in [-0.05, 0) is 208 Å². The Morgan fingerprint density at radius 3 is 1.43 bits per heavy atom. The molecule has 0 saturated heterocycles. The van der Waals surface area contributed by atoms with E-state index in [1.165, 1.54) is 28.5 Å². The van der Waals surface area contributed by atoms with E-state index in [2.05, 4.69) is 34.1 Å². The number of allylic oxidation sites excluding steroid dienone is 2. The summed E-state index contributed by atoms with van der Waals surface area (Å²) in [5, 5.41) is 47.7. The van der Waals surface area contributed by atoms with Gasteiger partial charge in [0, 0.05) is 53.3 Å². The van der Waals surface area contributed by atoms with E-state index in [1.807, 2.05) is 58.1 Å². The Balaban J connectivity index is 0.000000205. The number of halogens is 2. The number of aliphatic hydroxyl groups is 2. The van der Waals surface area contributed by atoms with Gasteiger partial charge in [0.15, 0.2) is 9.84 Å². The van der Waals surface area contributed by atoms with Gasteiger partial charge in [-0.1, -0.05) is 87.3 Å². The van der Waals surface area contributed by atoms with E-state index < -0.39 is 49.3 Å². The number of aromatic carboxylic acids is 2. The lowest BCUT2D eigenvalue weighted by Crippen LogP contribution is -2.49. The normalized spacial score (nSPS) is 25.7. The highest BCUT2D eigenvalue weighted by molar-refractivity contribution is 7.91. The highest BCUT2D eigenvalue weighted by atomic mass is 35.5. The van der Waals surface area contributed by atoms with Gasteiger partial charge in [0.05, 0.1) is 58.4 Å². The number of sulfone groups is 1. The number of nitrogens with zero attached hydrogens (tertiary/aromatic N) is 2. The molecule has 2 saturated carbocycles. The maximum atomic E-state index is 12.1. The summed E-state index contributed by atoms with van der Waals surface area (Å²) >= 11 is 12.7. The van der Waals surface area contributed by atoms with Gasteiger partial charge >= 0.3 is 11.9 Å². The van der Waals surface area contributed by atoms with E-state index in [0.717, 1.165) is 85.6 Å². The number of aliphatic hydroxyl groups excluding tert-OH is 2. The summed E-state index contributed by atoms with van der Waals surface area (Å²) in [5.41, 5.74) is 6.45. The Kier molecular flexibility index (Phi) is 20.7. The number of sulfonamides is 1. The summed E-state index contributed by atoms with van der Waals surface area (Å²) in [6.07, 6.45) is 19.2. The molecule has 2 aliphatic heterocycles. The van der Waals surface area contributed by atoms with E-state index in [-0.39, 0.29) is 62.7 Å². The molecule has 0 amide bonds. The SMILES string of the molecule is CC[C@@H]([C@@H](C)C/C=C/[C@H](O)[C@@H]1CC[C@H]1CN1C[C@@]2(CCCc3cc(Cl)ccc32)COc2ccc(C(=O)O)cc21)S(N)(=O)=O.CC[C@H]([C@@H](C)C/C=C/[C@H](O)[C@@H]1CC[C@H]1CN1C[C@@]2(CCCc3cc(Cl)ccc32)COc2ccc(C(=O)O)cc21)S(C)(=O)=O. The molecule has 0 unspecified atom stereocenters. The average molecular weight is 1260 g/mol. The van der Waals surface area contributed by atoms with Gasteiger partial charge in [-0.15, -0.1) is 0 Å². The molecule has 4 aromatic rings. The summed E-state index contributed by atoms with van der Waals surface area (Å²) in [4.78, 5) is 28.4. The van der Waals surface area contributed by atoms with Crippen LogP contribution in [0.1, 0.15) is 148 Å². The second kappa shape index (κ2) is 27.3. The van der Waals surface area contributed by atoms with Gasteiger partial charge in [0.2, 0.25) is 10.0 Å². The summed E-state index contributed by atoms with van der Waals surface area (Å²) in [7, 11) is -6.75. The number of fused-ring (bicyclic) bond motifs is 6. The number of nitrogens with two attached hydrogens (primary N) is 1. The van der Waals surface area contributed by atoms with Gasteiger partial charge < -0.3 is 39.7 Å². The van der Waals surface area contributed by atoms with Crippen LogP contribution in [-0.2, 0) is 43.5 Å².